The lowest BCUT2D eigenvalue weighted by atomic mass is 9.95. The van der Waals surface area contributed by atoms with E-state index in [1.54, 1.807) is 21.3 Å². The summed E-state index contributed by atoms with van der Waals surface area (Å²) in [5.74, 6) is -1.26. The lowest BCUT2D eigenvalue weighted by Crippen LogP contribution is -2.43. The number of nitrogens with one attached hydrogen (secondary N) is 1. The Morgan fingerprint density at radius 3 is 1.85 bits per heavy atom. The average Bonchev–Trinajstić information content (AvgIpc) is 3.32. The number of benzene rings is 1. The molecule has 3 N–H and O–H groups in total. The summed E-state index contributed by atoms with van der Waals surface area (Å²) in [7, 11) is 4.88. The minimum atomic E-state index is -1.82. The maximum atomic E-state index is 12.5. The molecular formula is C23H34N2O8. The van der Waals surface area contributed by atoms with Gasteiger partial charge in [0.05, 0.1) is 21.3 Å². The van der Waals surface area contributed by atoms with Gasteiger partial charge in [-0.2, -0.15) is 0 Å². The minimum absolute atomic E-state index is 0.154. The molecule has 10 nitrogen and oxygen atoms in total. The van der Waals surface area contributed by atoms with Crippen LogP contribution in [0, 0.1) is 5.92 Å². The normalized spacial score (nSPS) is 16.9. The number of hydrogen-bond donors (Lipinski definition) is 3. The number of ether oxygens (including phenoxy) is 3. The summed E-state index contributed by atoms with van der Waals surface area (Å²) >= 11 is 0. The van der Waals surface area contributed by atoms with Crippen LogP contribution in [0.25, 0.3) is 0 Å². The number of carboxylic acid groups (broad SMARTS) is 2. The van der Waals surface area contributed by atoms with Gasteiger partial charge in [-0.05, 0) is 56.5 Å². The number of hydrogen-bond acceptors (Lipinski definition) is 7. The third kappa shape index (κ3) is 7.81. The summed E-state index contributed by atoms with van der Waals surface area (Å²) in [5, 5.41) is 18.0. The van der Waals surface area contributed by atoms with Crippen LogP contribution in [0.5, 0.6) is 17.2 Å². The largest absolute Gasteiger partial charge is 0.493 e. The van der Waals surface area contributed by atoms with Gasteiger partial charge < -0.3 is 29.7 Å². The zero-order valence-electron chi connectivity index (χ0n) is 19.5. The number of carbonyl (C=O) groups excluding carboxylic acids is 1. The molecule has 0 aromatic heterocycles. The van der Waals surface area contributed by atoms with E-state index in [1.165, 1.54) is 12.8 Å². The van der Waals surface area contributed by atoms with E-state index in [9.17, 15) is 4.79 Å². The molecule has 1 heterocycles. The molecule has 1 aliphatic carbocycles. The molecule has 1 aliphatic heterocycles. The van der Waals surface area contributed by atoms with Gasteiger partial charge in [0.15, 0.2) is 11.5 Å². The summed E-state index contributed by atoms with van der Waals surface area (Å²) in [4.78, 5) is 33.1. The first-order valence-corrected chi connectivity index (χ1v) is 11.1. The highest BCUT2D eigenvalue weighted by molar-refractivity contribution is 6.27. The predicted molar refractivity (Wildman–Crippen MR) is 120 cm³/mol. The van der Waals surface area contributed by atoms with Crippen molar-refractivity contribution in [1.29, 1.82) is 0 Å². The van der Waals surface area contributed by atoms with Crippen LogP contribution >= 0.6 is 0 Å². The second kappa shape index (κ2) is 12.9. The number of amides is 1. The van der Waals surface area contributed by atoms with Crippen molar-refractivity contribution in [3.8, 4) is 17.2 Å². The molecule has 1 saturated carbocycles. The number of piperidine rings is 1. The summed E-state index contributed by atoms with van der Waals surface area (Å²) in [6, 6.07) is 4.41. The molecule has 0 atom stereocenters. The van der Waals surface area contributed by atoms with Crippen LogP contribution in [0.2, 0.25) is 0 Å². The van der Waals surface area contributed by atoms with Gasteiger partial charge in [-0.1, -0.05) is 12.8 Å². The molecular weight excluding hydrogens is 432 g/mol. The van der Waals surface area contributed by atoms with Crippen LogP contribution in [0.1, 0.15) is 44.1 Å². The molecule has 1 aromatic rings. The Kier molecular flexibility index (Phi) is 10.2. The molecule has 1 amide bonds. The van der Waals surface area contributed by atoms with Crippen molar-refractivity contribution in [3.63, 3.8) is 0 Å². The fourth-order valence-electron chi connectivity index (χ4n) is 4.23. The van der Waals surface area contributed by atoms with Gasteiger partial charge in [-0.25, -0.2) is 9.59 Å². The zero-order valence-corrected chi connectivity index (χ0v) is 19.5. The van der Waals surface area contributed by atoms with Crippen LogP contribution < -0.4 is 19.5 Å². The maximum absolute atomic E-state index is 12.5. The van der Waals surface area contributed by atoms with Crippen molar-refractivity contribution in [2.75, 3.05) is 34.4 Å². The van der Waals surface area contributed by atoms with Gasteiger partial charge in [0.2, 0.25) is 11.7 Å². The average molecular weight is 467 g/mol. The molecule has 1 aromatic carbocycles. The maximum Gasteiger partial charge on any atom is 0.414 e. The van der Waals surface area contributed by atoms with Gasteiger partial charge in [0.25, 0.3) is 0 Å². The third-order valence-corrected chi connectivity index (χ3v) is 5.97. The fourth-order valence-corrected chi connectivity index (χ4v) is 4.23. The van der Waals surface area contributed by atoms with E-state index in [2.05, 4.69) is 10.2 Å². The number of carbonyl (C=O) groups is 3. The Hall–Kier alpha value is -3.01. The van der Waals surface area contributed by atoms with Crippen molar-refractivity contribution in [2.45, 2.75) is 51.1 Å². The topological polar surface area (TPSA) is 135 Å². The number of carboxylic acids is 2. The van der Waals surface area contributed by atoms with Crippen molar-refractivity contribution < 1.29 is 38.8 Å². The smallest absolute Gasteiger partial charge is 0.414 e. The minimum Gasteiger partial charge on any atom is -0.493 e. The summed E-state index contributed by atoms with van der Waals surface area (Å²) < 4.78 is 16.3. The molecule has 0 unspecified atom stereocenters. The third-order valence-electron chi connectivity index (χ3n) is 5.97. The van der Waals surface area contributed by atoms with E-state index in [0.29, 0.717) is 23.3 Å². The van der Waals surface area contributed by atoms with E-state index in [-0.39, 0.29) is 11.8 Å². The molecule has 0 bridgehead atoms. The molecule has 2 aliphatic rings. The standard InChI is InChI=1S/C21H32N2O4.C2H2O4/c1-25-18-12-15(13-19(26-2)20(18)27-3)14-23-10-8-16(9-11-23)21(24)22-17-6-4-5-7-17;3-1(4)2(5)6/h12-13,16-17H,4-11,14H2,1-3H3,(H,22,24);(H,3,4)(H,5,6). The number of aliphatic carboxylic acids is 2. The first-order valence-electron chi connectivity index (χ1n) is 11.1. The Balaban J connectivity index is 0.000000569. The highest BCUT2D eigenvalue weighted by Gasteiger charge is 2.27. The molecule has 184 valence electrons. The quantitative estimate of drug-likeness (QED) is 0.517. The molecule has 33 heavy (non-hydrogen) atoms. The van der Waals surface area contributed by atoms with Crippen molar-refractivity contribution in [3.05, 3.63) is 17.7 Å². The monoisotopic (exact) mass is 466 g/mol. The Labute approximate surface area is 193 Å². The van der Waals surface area contributed by atoms with Crippen molar-refractivity contribution >= 4 is 17.8 Å². The van der Waals surface area contributed by atoms with Gasteiger partial charge in [-0.15, -0.1) is 0 Å². The lowest BCUT2D eigenvalue weighted by Gasteiger charge is -2.32. The first kappa shape index (κ1) is 26.2. The fraction of sp³-hybridized carbons (Fsp3) is 0.609. The number of methoxy groups -OCH3 is 3. The van der Waals surface area contributed by atoms with Crippen LogP contribution in [0.15, 0.2) is 12.1 Å². The molecule has 0 spiro atoms. The number of nitrogens with zero attached hydrogens (tertiary/aromatic N) is 1. The predicted octanol–water partition coefficient (Wildman–Crippen LogP) is 2.14. The van der Waals surface area contributed by atoms with Gasteiger partial charge in [0, 0.05) is 18.5 Å². The zero-order chi connectivity index (χ0) is 24.4. The van der Waals surface area contributed by atoms with E-state index in [0.717, 1.165) is 50.9 Å². The lowest BCUT2D eigenvalue weighted by molar-refractivity contribution is -0.159. The van der Waals surface area contributed by atoms with Crippen molar-refractivity contribution in [2.24, 2.45) is 5.92 Å². The number of likely N-dealkylation sites (tertiary alicyclic amines) is 1. The first-order chi connectivity index (χ1) is 15.8. The summed E-state index contributed by atoms with van der Waals surface area (Å²) in [6.07, 6.45) is 6.62. The Morgan fingerprint density at radius 1 is 0.909 bits per heavy atom. The molecule has 3 rings (SSSR count). The summed E-state index contributed by atoms with van der Waals surface area (Å²) in [5.41, 5.74) is 1.12. The van der Waals surface area contributed by atoms with E-state index in [1.807, 2.05) is 12.1 Å². The van der Waals surface area contributed by atoms with Gasteiger partial charge in [0.1, 0.15) is 0 Å². The van der Waals surface area contributed by atoms with Crippen LogP contribution in [-0.2, 0) is 20.9 Å². The second-order valence-corrected chi connectivity index (χ2v) is 8.18. The van der Waals surface area contributed by atoms with Crippen molar-refractivity contribution in [1.82, 2.24) is 10.2 Å². The van der Waals surface area contributed by atoms with Crippen LogP contribution in [0.3, 0.4) is 0 Å². The van der Waals surface area contributed by atoms with Crippen LogP contribution in [0.4, 0.5) is 0 Å². The Morgan fingerprint density at radius 2 is 1.42 bits per heavy atom. The van der Waals surface area contributed by atoms with Gasteiger partial charge >= 0.3 is 11.9 Å². The van der Waals surface area contributed by atoms with Crippen LogP contribution in [-0.4, -0.2) is 73.4 Å². The summed E-state index contributed by atoms with van der Waals surface area (Å²) in [6.45, 7) is 2.67. The molecule has 2 fully saturated rings. The Bertz CT molecular complexity index is 778. The van der Waals surface area contributed by atoms with Gasteiger partial charge in [-0.3, -0.25) is 9.69 Å². The molecule has 10 heteroatoms. The van der Waals surface area contributed by atoms with E-state index >= 15 is 0 Å². The van der Waals surface area contributed by atoms with E-state index < -0.39 is 11.9 Å². The second-order valence-electron chi connectivity index (χ2n) is 8.18. The molecule has 0 radical (unpaired) electrons. The SMILES string of the molecule is COc1cc(CN2CCC(C(=O)NC3CCCC3)CC2)cc(OC)c1OC.O=C(O)C(=O)O. The number of rotatable bonds is 7. The van der Waals surface area contributed by atoms with E-state index in [4.69, 9.17) is 34.0 Å². The highest BCUT2D eigenvalue weighted by atomic mass is 16.5. The molecule has 1 saturated heterocycles. The highest BCUT2D eigenvalue weighted by Crippen LogP contribution is 2.38.